The largest absolute Gasteiger partial charge is 0.490 e. The van der Waals surface area contributed by atoms with Gasteiger partial charge >= 0.3 is 6.03 Å². The first-order valence-corrected chi connectivity index (χ1v) is 10.8. The molecule has 0 spiro atoms. The lowest BCUT2D eigenvalue weighted by atomic mass is 10.2. The summed E-state index contributed by atoms with van der Waals surface area (Å²) in [6.07, 6.45) is 1.45. The highest BCUT2D eigenvalue weighted by Gasteiger charge is 2.23. The van der Waals surface area contributed by atoms with Crippen LogP contribution in [0.15, 0.2) is 66.9 Å². The molecule has 1 aliphatic rings. The number of likely N-dealkylation sites (N-methyl/N-ethyl adjacent to an activating group) is 1. The predicted octanol–water partition coefficient (Wildman–Crippen LogP) is 4.25. The first-order chi connectivity index (χ1) is 16.1. The third-order valence-corrected chi connectivity index (χ3v) is 5.00. The number of hydrogen-bond donors (Lipinski definition) is 1. The maximum Gasteiger partial charge on any atom is 0.317 e. The number of hydrogen-bond acceptors (Lipinski definition) is 6. The summed E-state index contributed by atoms with van der Waals surface area (Å²) in [6, 6.07) is 18.4. The van der Waals surface area contributed by atoms with Crippen molar-refractivity contribution in [2.75, 3.05) is 26.8 Å². The summed E-state index contributed by atoms with van der Waals surface area (Å²) in [5.74, 6) is 3.13. The van der Waals surface area contributed by atoms with Crippen molar-refractivity contribution in [2.24, 2.45) is 0 Å². The maximum atomic E-state index is 12.5. The Morgan fingerprint density at radius 1 is 1.09 bits per heavy atom. The molecule has 33 heavy (non-hydrogen) atoms. The summed E-state index contributed by atoms with van der Waals surface area (Å²) in [5.41, 5.74) is 0.855. The van der Waals surface area contributed by atoms with Crippen LogP contribution in [-0.2, 0) is 6.54 Å². The minimum Gasteiger partial charge on any atom is -0.490 e. The summed E-state index contributed by atoms with van der Waals surface area (Å²) >= 11 is 0. The lowest BCUT2D eigenvalue weighted by Crippen LogP contribution is -2.45. The van der Waals surface area contributed by atoms with Crippen molar-refractivity contribution in [1.29, 1.82) is 0 Å². The molecule has 8 heteroatoms. The number of urea groups is 1. The highest BCUT2D eigenvalue weighted by Crippen LogP contribution is 2.31. The number of aromatic nitrogens is 1. The molecule has 2 heterocycles. The number of ether oxygens (including phenoxy) is 4. The number of pyridine rings is 1. The summed E-state index contributed by atoms with van der Waals surface area (Å²) < 4.78 is 23.0. The van der Waals surface area contributed by atoms with Gasteiger partial charge in [-0.05, 0) is 36.8 Å². The van der Waals surface area contributed by atoms with Crippen molar-refractivity contribution in [2.45, 2.75) is 19.6 Å². The van der Waals surface area contributed by atoms with Gasteiger partial charge in [-0.2, -0.15) is 0 Å². The summed E-state index contributed by atoms with van der Waals surface area (Å²) in [6.45, 7) is 3.62. The number of rotatable bonds is 8. The van der Waals surface area contributed by atoms with Gasteiger partial charge in [-0.25, -0.2) is 9.78 Å². The maximum absolute atomic E-state index is 12.5. The minimum atomic E-state index is -0.228. The average molecular weight is 450 g/mol. The number of nitrogens with zero attached hydrogens (tertiary/aromatic N) is 2. The quantitative estimate of drug-likeness (QED) is 0.554. The second-order valence-corrected chi connectivity index (χ2v) is 7.52. The molecule has 0 saturated heterocycles. The van der Waals surface area contributed by atoms with Crippen LogP contribution in [-0.4, -0.2) is 48.8 Å². The van der Waals surface area contributed by atoms with Crippen molar-refractivity contribution in [3.05, 3.63) is 72.4 Å². The number of fused-ring (bicyclic) bond motifs is 1. The molecule has 4 rings (SSSR count). The predicted molar refractivity (Wildman–Crippen MR) is 123 cm³/mol. The van der Waals surface area contributed by atoms with E-state index in [0.29, 0.717) is 49.4 Å². The van der Waals surface area contributed by atoms with E-state index < -0.39 is 0 Å². The van der Waals surface area contributed by atoms with Gasteiger partial charge in [0.1, 0.15) is 6.61 Å². The van der Waals surface area contributed by atoms with Crippen LogP contribution in [0, 0.1) is 0 Å². The monoisotopic (exact) mass is 449 g/mol. The zero-order chi connectivity index (χ0) is 23.0. The van der Waals surface area contributed by atoms with Crippen molar-refractivity contribution in [3.63, 3.8) is 0 Å². The molecule has 8 nitrogen and oxygen atoms in total. The van der Waals surface area contributed by atoms with Gasteiger partial charge in [-0.3, -0.25) is 0 Å². The standard InChI is InChI=1S/C25H27N3O5/c1-3-30-20-8-4-7-11-23(20)33-24-13-12-18(14-26-24)15-27-25(29)28(2)16-19-17-31-21-9-5-6-10-22(21)32-19/h4-14,19H,3,15-17H2,1-2H3,(H,27,29). The molecule has 1 aromatic heterocycles. The summed E-state index contributed by atoms with van der Waals surface area (Å²) in [5, 5.41) is 2.89. The molecule has 172 valence electrons. The first-order valence-electron chi connectivity index (χ1n) is 10.8. The smallest absolute Gasteiger partial charge is 0.317 e. The van der Waals surface area contributed by atoms with Gasteiger partial charge in [-0.15, -0.1) is 0 Å². The summed E-state index contributed by atoms with van der Waals surface area (Å²) in [4.78, 5) is 18.4. The average Bonchev–Trinajstić information content (AvgIpc) is 2.84. The molecule has 1 aliphatic heterocycles. The SMILES string of the molecule is CCOc1ccccc1Oc1ccc(CNC(=O)N(C)CC2COc3ccccc3O2)cn1. The number of nitrogens with one attached hydrogen (secondary N) is 1. The van der Waals surface area contributed by atoms with E-state index >= 15 is 0 Å². The van der Waals surface area contributed by atoms with Crippen LogP contribution in [0.2, 0.25) is 0 Å². The molecule has 2 amide bonds. The van der Waals surface area contributed by atoms with Gasteiger partial charge in [0, 0.05) is 25.9 Å². The topological polar surface area (TPSA) is 82.2 Å². The van der Waals surface area contributed by atoms with Gasteiger partial charge in [-0.1, -0.05) is 30.3 Å². The molecule has 1 unspecified atom stereocenters. The van der Waals surface area contributed by atoms with Crippen molar-refractivity contribution in [3.8, 4) is 28.9 Å². The minimum absolute atomic E-state index is 0.205. The van der Waals surface area contributed by atoms with Crippen LogP contribution in [0.1, 0.15) is 12.5 Å². The third-order valence-electron chi connectivity index (χ3n) is 5.00. The number of para-hydroxylation sites is 4. The molecule has 0 bridgehead atoms. The number of benzene rings is 2. The molecule has 0 radical (unpaired) electrons. The van der Waals surface area contributed by atoms with Crippen LogP contribution in [0.4, 0.5) is 4.79 Å². The number of carbonyl (C=O) groups is 1. The molecule has 1 N–H and O–H groups in total. The van der Waals surface area contributed by atoms with E-state index in [1.165, 1.54) is 0 Å². The van der Waals surface area contributed by atoms with Gasteiger partial charge < -0.3 is 29.2 Å². The van der Waals surface area contributed by atoms with Crippen molar-refractivity contribution < 1.29 is 23.7 Å². The molecule has 3 aromatic rings. The fraction of sp³-hybridized carbons (Fsp3) is 0.280. The van der Waals surface area contributed by atoms with Crippen LogP contribution in [0.3, 0.4) is 0 Å². The molecule has 2 aromatic carbocycles. The Bertz CT molecular complexity index is 1070. The van der Waals surface area contributed by atoms with E-state index in [4.69, 9.17) is 18.9 Å². The Kier molecular flexibility index (Phi) is 7.14. The van der Waals surface area contributed by atoms with E-state index in [9.17, 15) is 4.79 Å². The zero-order valence-electron chi connectivity index (χ0n) is 18.7. The van der Waals surface area contributed by atoms with E-state index in [1.54, 1.807) is 24.2 Å². The van der Waals surface area contributed by atoms with Crippen LogP contribution >= 0.6 is 0 Å². The highest BCUT2D eigenvalue weighted by atomic mass is 16.6. The molecule has 0 saturated carbocycles. The molecule has 0 fully saturated rings. The Morgan fingerprint density at radius 2 is 1.85 bits per heavy atom. The second kappa shape index (κ2) is 10.6. The van der Waals surface area contributed by atoms with E-state index in [0.717, 1.165) is 11.3 Å². The summed E-state index contributed by atoms with van der Waals surface area (Å²) in [7, 11) is 1.73. The molecular formula is C25H27N3O5. The fourth-order valence-corrected chi connectivity index (χ4v) is 3.35. The molecular weight excluding hydrogens is 422 g/mol. The zero-order valence-corrected chi connectivity index (χ0v) is 18.7. The van der Waals surface area contributed by atoms with Crippen LogP contribution < -0.4 is 24.3 Å². The highest BCUT2D eigenvalue weighted by molar-refractivity contribution is 5.73. The number of amides is 2. The Balaban J connectivity index is 1.25. The normalized spacial score (nSPS) is 14.3. The third kappa shape index (κ3) is 5.85. The van der Waals surface area contributed by atoms with E-state index in [1.807, 2.05) is 61.5 Å². The van der Waals surface area contributed by atoms with Gasteiger partial charge in [0.25, 0.3) is 0 Å². The lowest BCUT2D eigenvalue weighted by molar-refractivity contribution is 0.0715. The van der Waals surface area contributed by atoms with Crippen LogP contribution in [0.25, 0.3) is 0 Å². The molecule has 1 atom stereocenters. The second-order valence-electron chi connectivity index (χ2n) is 7.52. The van der Waals surface area contributed by atoms with Crippen molar-refractivity contribution >= 4 is 6.03 Å². The fourth-order valence-electron chi connectivity index (χ4n) is 3.35. The van der Waals surface area contributed by atoms with Gasteiger partial charge in [0.15, 0.2) is 29.1 Å². The Hall–Kier alpha value is -3.94. The lowest BCUT2D eigenvalue weighted by Gasteiger charge is -2.29. The van der Waals surface area contributed by atoms with Crippen molar-refractivity contribution in [1.82, 2.24) is 15.2 Å². The van der Waals surface area contributed by atoms with E-state index in [-0.39, 0.29) is 12.1 Å². The first kappa shape index (κ1) is 22.3. The van der Waals surface area contributed by atoms with Gasteiger partial charge in [0.2, 0.25) is 5.88 Å². The van der Waals surface area contributed by atoms with Gasteiger partial charge in [0.05, 0.1) is 13.2 Å². The Morgan fingerprint density at radius 3 is 2.61 bits per heavy atom. The molecule has 0 aliphatic carbocycles. The van der Waals surface area contributed by atoms with E-state index in [2.05, 4.69) is 10.3 Å². The number of carbonyl (C=O) groups excluding carboxylic acids is 1. The van der Waals surface area contributed by atoms with Crippen LogP contribution in [0.5, 0.6) is 28.9 Å². The Labute approximate surface area is 193 Å².